The Bertz CT molecular complexity index is 864. The van der Waals surface area contributed by atoms with E-state index in [1.807, 2.05) is 0 Å². The zero-order valence-electron chi connectivity index (χ0n) is 14.5. The molecule has 1 aromatic heterocycles. The monoisotopic (exact) mass is 363 g/mol. The van der Waals surface area contributed by atoms with Crippen molar-refractivity contribution in [1.82, 2.24) is 14.7 Å². The van der Waals surface area contributed by atoms with Crippen molar-refractivity contribution >= 4 is 27.6 Å². The highest BCUT2D eigenvalue weighted by Crippen LogP contribution is 2.21. The number of aromatic nitrogens is 2. The van der Waals surface area contributed by atoms with Crippen molar-refractivity contribution in [3.63, 3.8) is 0 Å². The van der Waals surface area contributed by atoms with E-state index in [1.165, 1.54) is 18.5 Å². The lowest BCUT2D eigenvalue weighted by molar-refractivity contribution is 0.102. The van der Waals surface area contributed by atoms with Gasteiger partial charge in [-0.15, -0.1) is 0 Å². The second-order valence-corrected chi connectivity index (χ2v) is 7.44. The Morgan fingerprint density at radius 2 is 1.80 bits per heavy atom. The first-order valence-corrected chi connectivity index (χ1v) is 9.15. The largest absolute Gasteiger partial charge is 0.357 e. The molecule has 0 aliphatic carbocycles. The van der Waals surface area contributed by atoms with Crippen LogP contribution in [-0.4, -0.2) is 37.4 Å². The fraction of sp³-hybridized carbons (Fsp3) is 0.312. The number of aryl methyl sites for hydroxylation is 1. The Kier molecular flexibility index (Phi) is 5.70. The van der Waals surface area contributed by atoms with Gasteiger partial charge in [0.15, 0.2) is 0 Å². The van der Waals surface area contributed by atoms with Crippen LogP contribution in [-0.2, 0) is 10.0 Å². The van der Waals surface area contributed by atoms with Crippen molar-refractivity contribution in [2.45, 2.75) is 31.7 Å². The number of amides is 1. The SMILES string of the molecule is CNc1ncc(C(=O)Nc2ccc(C)c(S(=O)(=O)NC(C)C)c2)cn1. The van der Waals surface area contributed by atoms with Crippen LogP contribution >= 0.6 is 0 Å². The van der Waals surface area contributed by atoms with Gasteiger partial charge in [-0.3, -0.25) is 4.79 Å². The Morgan fingerprint density at radius 1 is 1.16 bits per heavy atom. The van der Waals surface area contributed by atoms with Crippen LogP contribution in [0.25, 0.3) is 0 Å². The summed E-state index contributed by atoms with van der Waals surface area (Å²) in [6, 6.07) is 4.49. The van der Waals surface area contributed by atoms with Crippen molar-refractivity contribution in [2.24, 2.45) is 0 Å². The highest BCUT2D eigenvalue weighted by atomic mass is 32.2. The Labute approximate surface area is 147 Å². The van der Waals surface area contributed by atoms with E-state index in [9.17, 15) is 13.2 Å². The van der Waals surface area contributed by atoms with Crippen LogP contribution in [0.15, 0.2) is 35.5 Å². The number of anilines is 2. The average molecular weight is 363 g/mol. The van der Waals surface area contributed by atoms with Crippen molar-refractivity contribution < 1.29 is 13.2 Å². The number of sulfonamides is 1. The molecule has 0 saturated heterocycles. The number of benzene rings is 1. The topological polar surface area (TPSA) is 113 Å². The first-order chi connectivity index (χ1) is 11.7. The van der Waals surface area contributed by atoms with E-state index < -0.39 is 15.9 Å². The number of hydrogen-bond acceptors (Lipinski definition) is 6. The maximum atomic E-state index is 12.4. The predicted molar refractivity (Wildman–Crippen MR) is 96.2 cm³/mol. The molecule has 9 heteroatoms. The molecule has 0 saturated carbocycles. The van der Waals surface area contributed by atoms with E-state index in [2.05, 4.69) is 25.3 Å². The van der Waals surface area contributed by atoms with E-state index in [-0.39, 0.29) is 16.5 Å². The fourth-order valence-corrected chi connectivity index (χ4v) is 3.64. The van der Waals surface area contributed by atoms with Crippen LogP contribution < -0.4 is 15.4 Å². The van der Waals surface area contributed by atoms with Crippen molar-refractivity contribution in [3.8, 4) is 0 Å². The number of carbonyl (C=O) groups is 1. The zero-order chi connectivity index (χ0) is 18.6. The van der Waals surface area contributed by atoms with Gasteiger partial charge in [-0.1, -0.05) is 6.07 Å². The molecule has 2 aromatic rings. The first-order valence-electron chi connectivity index (χ1n) is 7.67. The molecular formula is C16H21N5O3S. The van der Waals surface area contributed by atoms with Gasteiger partial charge < -0.3 is 10.6 Å². The molecule has 0 aliphatic heterocycles. The summed E-state index contributed by atoms with van der Waals surface area (Å²) in [6.07, 6.45) is 2.78. The van der Waals surface area contributed by atoms with E-state index in [0.717, 1.165) is 0 Å². The first kappa shape index (κ1) is 18.8. The van der Waals surface area contributed by atoms with Gasteiger partial charge in [0.25, 0.3) is 5.91 Å². The van der Waals surface area contributed by atoms with Gasteiger partial charge in [0.2, 0.25) is 16.0 Å². The van der Waals surface area contributed by atoms with Gasteiger partial charge in [-0.2, -0.15) is 0 Å². The predicted octanol–water partition coefficient (Wildman–Crippen LogP) is 1.77. The van der Waals surface area contributed by atoms with Gasteiger partial charge in [0, 0.05) is 31.2 Å². The molecule has 134 valence electrons. The van der Waals surface area contributed by atoms with Gasteiger partial charge >= 0.3 is 0 Å². The minimum absolute atomic E-state index is 0.126. The van der Waals surface area contributed by atoms with Crippen LogP contribution in [0.1, 0.15) is 29.8 Å². The maximum absolute atomic E-state index is 12.4. The summed E-state index contributed by atoms with van der Waals surface area (Å²) in [4.78, 5) is 20.3. The fourth-order valence-electron chi connectivity index (χ4n) is 2.12. The van der Waals surface area contributed by atoms with Gasteiger partial charge in [0.05, 0.1) is 10.5 Å². The minimum atomic E-state index is -3.66. The summed E-state index contributed by atoms with van der Waals surface area (Å²) >= 11 is 0. The number of carbonyl (C=O) groups excluding carboxylic acids is 1. The molecule has 0 bridgehead atoms. The molecule has 0 atom stereocenters. The molecule has 3 N–H and O–H groups in total. The summed E-state index contributed by atoms with van der Waals surface area (Å²) in [7, 11) is -1.98. The van der Waals surface area contributed by atoms with Crippen molar-refractivity contribution in [2.75, 3.05) is 17.7 Å². The number of nitrogens with one attached hydrogen (secondary N) is 3. The lowest BCUT2D eigenvalue weighted by Crippen LogP contribution is -2.30. The standard InChI is InChI=1S/C16H21N5O3S/c1-10(2)21-25(23,24)14-7-13(6-5-11(14)3)20-15(22)12-8-18-16(17-4)19-9-12/h5-10,21H,1-4H3,(H,20,22)(H,17,18,19). The van der Waals surface area contributed by atoms with Crippen LogP contribution in [0.3, 0.4) is 0 Å². The summed E-state index contributed by atoms with van der Waals surface area (Å²) in [6.45, 7) is 5.19. The van der Waals surface area contributed by atoms with Crippen molar-refractivity contribution in [3.05, 3.63) is 41.7 Å². The highest BCUT2D eigenvalue weighted by Gasteiger charge is 2.19. The van der Waals surface area contributed by atoms with Crippen LogP contribution in [0, 0.1) is 6.92 Å². The molecular weight excluding hydrogens is 342 g/mol. The summed E-state index contributed by atoms with van der Waals surface area (Å²) in [5, 5.41) is 5.42. The number of rotatable bonds is 6. The summed E-state index contributed by atoms with van der Waals surface area (Å²) in [5.41, 5.74) is 1.23. The van der Waals surface area contributed by atoms with E-state index >= 15 is 0 Å². The van der Waals surface area contributed by atoms with Crippen LogP contribution in [0.5, 0.6) is 0 Å². The molecule has 0 unspecified atom stereocenters. The maximum Gasteiger partial charge on any atom is 0.258 e. The van der Waals surface area contributed by atoms with Gasteiger partial charge in [0.1, 0.15) is 0 Å². The lowest BCUT2D eigenvalue weighted by atomic mass is 10.2. The van der Waals surface area contributed by atoms with E-state index in [4.69, 9.17) is 0 Å². The second kappa shape index (κ2) is 7.58. The molecule has 0 fully saturated rings. The third kappa shape index (κ3) is 4.74. The lowest BCUT2D eigenvalue weighted by Gasteiger charge is -2.13. The molecule has 1 aromatic carbocycles. The summed E-state index contributed by atoms with van der Waals surface area (Å²) < 4.78 is 27.3. The molecule has 0 radical (unpaired) electrons. The normalized spacial score (nSPS) is 11.4. The van der Waals surface area contributed by atoms with Gasteiger partial charge in [-0.05, 0) is 38.5 Å². The van der Waals surface area contributed by atoms with Crippen molar-refractivity contribution in [1.29, 1.82) is 0 Å². The third-order valence-electron chi connectivity index (χ3n) is 3.26. The Hall–Kier alpha value is -2.52. The van der Waals surface area contributed by atoms with E-state index in [0.29, 0.717) is 17.2 Å². The molecule has 1 heterocycles. The summed E-state index contributed by atoms with van der Waals surface area (Å²) in [5.74, 6) is -0.0216. The second-order valence-electron chi connectivity index (χ2n) is 5.76. The molecule has 2 rings (SSSR count). The Morgan fingerprint density at radius 3 is 2.36 bits per heavy atom. The van der Waals surface area contributed by atoms with Crippen LogP contribution in [0.2, 0.25) is 0 Å². The minimum Gasteiger partial charge on any atom is -0.357 e. The molecule has 25 heavy (non-hydrogen) atoms. The quantitative estimate of drug-likeness (QED) is 0.721. The number of hydrogen-bond donors (Lipinski definition) is 3. The molecule has 0 aliphatic rings. The zero-order valence-corrected chi connectivity index (χ0v) is 15.3. The molecule has 0 spiro atoms. The third-order valence-corrected chi connectivity index (χ3v) is 5.06. The molecule has 8 nitrogen and oxygen atoms in total. The van der Waals surface area contributed by atoms with Crippen LogP contribution in [0.4, 0.5) is 11.6 Å². The average Bonchev–Trinajstić information content (AvgIpc) is 2.55. The highest BCUT2D eigenvalue weighted by molar-refractivity contribution is 7.89. The van der Waals surface area contributed by atoms with E-state index in [1.54, 1.807) is 40.0 Å². The Balaban J connectivity index is 2.25. The smallest absolute Gasteiger partial charge is 0.258 e. The molecule has 1 amide bonds. The van der Waals surface area contributed by atoms with Gasteiger partial charge in [-0.25, -0.2) is 23.1 Å². The number of nitrogens with zero attached hydrogens (tertiary/aromatic N) is 2.